The molecule has 0 saturated carbocycles. The van der Waals surface area contributed by atoms with Gasteiger partial charge in [0.05, 0.1) is 7.11 Å². The SMILES string of the molecule is COc1ccc(OCC(O)c2ccccc2C)cc1. The second-order valence-corrected chi connectivity index (χ2v) is 4.36. The van der Waals surface area contributed by atoms with Crippen LogP contribution in [0.3, 0.4) is 0 Å². The molecule has 2 aromatic rings. The molecule has 1 atom stereocenters. The van der Waals surface area contributed by atoms with Gasteiger partial charge in [0.25, 0.3) is 0 Å². The van der Waals surface area contributed by atoms with E-state index < -0.39 is 6.10 Å². The van der Waals surface area contributed by atoms with E-state index in [2.05, 4.69) is 0 Å². The minimum Gasteiger partial charge on any atom is -0.497 e. The molecule has 1 N–H and O–H groups in total. The molecule has 0 aromatic heterocycles. The molecule has 0 aliphatic heterocycles. The van der Waals surface area contributed by atoms with Crippen molar-refractivity contribution in [1.29, 1.82) is 0 Å². The lowest BCUT2D eigenvalue weighted by Crippen LogP contribution is -2.10. The molecule has 0 fully saturated rings. The quantitative estimate of drug-likeness (QED) is 0.895. The highest BCUT2D eigenvalue weighted by atomic mass is 16.5. The molecule has 0 amide bonds. The van der Waals surface area contributed by atoms with Crippen LogP contribution in [0.1, 0.15) is 17.2 Å². The number of aryl methyl sites for hydroxylation is 1. The van der Waals surface area contributed by atoms with Crippen molar-refractivity contribution < 1.29 is 14.6 Å². The van der Waals surface area contributed by atoms with Crippen LogP contribution in [0.5, 0.6) is 11.5 Å². The molecular weight excluding hydrogens is 240 g/mol. The summed E-state index contributed by atoms with van der Waals surface area (Å²) in [5.41, 5.74) is 1.96. The first kappa shape index (κ1) is 13.4. The topological polar surface area (TPSA) is 38.7 Å². The number of ether oxygens (including phenoxy) is 2. The van der Waals surface area contributed by atoms with Crippen LogP contribution < -0.4 is 9.47 Å². The van der Waals surface area contributed by atoms with E-state index in [-0.39, 0.29) is 6.61 Å². The number of hydrogen-bond acceptors (Lipinski definition) is 3. The van der Waals surface area contributed by atoms with E-state index in [4.69, 9.17) is 9.47 Å². The molecule has 3 nitrogen and oxygen atoms in total. The summed E-state index contributed by atoms with van der Waals surface area (Å²) in [6, 6.07) is 15.1. The van der Waals surface area contributed by atoms with E-state index in [0.717, 1.165) is 16.9 Å². The molecule has 3 heteroatoms. The van der Waals surface area contributed by atoms with E-state index in [1.54, 1.807) is 7.11 Å². The Morgan fingerprint density at radius 2 is 1.63 bits per heavy atom. The highest BCUT2D eigenvalue weighted by Crippen LogP contribution is 2.21. The average Bonchev–Trinajstić information content (AvgIpc) is 2.46. The minimum atomic E-state index is -0.622. The van der Waals surface area contributed by atoms with Crippen molar-refractivity contribution in [3.8, 4) is 11.5 Å². The zero-order valence-corrected chi connectivity index (χ0v) is 11.2. The van der Waals surface area contributed by atoms with E-state index in [0.29, 0.717) is 5.75 Å². The smallest absolute Gasteiger partial charge is 0.119 e. The normalized spacial score (nSPS) is 11.9. The minimum absolute atomic E-state index is 0.233. The first-order valence-electron chi connectivity index (χ1n) is 6.21. The van der Waals surface area contributed by atoms with E-state index >= 15 is 0 Å². The molecule has 1 unspecified atom stereocenters. The number of rotatable bonds is 5. The van der Waals surface area contributed by atoms with Gasteiger partial charge in [-0.25, -0.2) is 0 Å². The molecule has 0 spiro atoms. The maximum absolute atomic E-state index is 10.1. The lowest BCUT2D eigenvalue weighted by Gasteiger charge is -2.14. The summed E-state index contributed by atoms with van der Waals surface area (Å²) in [6.07, 6.45) is -0.622. The molecule has 2 aromatic carbocycles. The Kier molecular flexibility index (Phi) is 4.42. The van der Waals surface area contributed by atoms with Gasteiger partial charge in [-0.15, -0.1) is 0 Å². The monoisotopic (exact) mass is 258 g/mol. The summed E-state index contributed by atoms with van der Waals surface area (Å²) in [6.45, 7) is 2.21. The van der Waals surface area contributed by atoms with Gasteiger partial charge >= 0.3 is 0 Å². The molecule has 0 bridgehead atoms. The van der Waals surface area contributed by atoms with Crippen LogP contribution in [0.4, 0.5) is 0 Å². The van der Waals surface area contributed by atoms with Crippen molar-refractivity contribution in [1.82, 2.24) is 0 Å². The molecule has 0 heterocycles. The summed E-state index contributed by atoms with van der Waals surface area (Å²) in [5, 5.41) is 10.1. The van der Waals surface area contributed by atoms with Crippen molar-refractivity contribution in [3.05, 3.63) is 59.7 Å². The highest BCUT2D eigenvalue weighted by Gasteiger charge is 2.10. The van der Waals surface area contributed by atoms with Crippen LogP contribution in [0.15, 0.2) is 48.5 Å². The van der Waals surface area contributed by atoms with Crippen LogP contribution in [-0.4, -0.2) is 18.8 Å². The van der Waals surface area contributed by atoms with Crippen molar-refractivity contribution in [2.24, 2.45) is 0 Å². The first-order chi connectivity index (χ1) is 9.20. The standard InChI is InChI=1S/C16H18O3/c1-12-5-3-4-6-15(12)16(17)11-19-14-9-7-13(18-2)8-10-14/h3-10,16-17H,11H2,1-2H3. The summed E-state index contributed by atoms with van der Waals surface area (Å²) < 4.78 is 10.6. The number of aliphatic hydroxyl groups is 1. The van der Waals surface area contributed by atoms with Crippen LogP contribution in [0, 0.1) is 6.92 Å². The van der Waals surface area contributed by atoms with E-state index in [1.165, 1.54) is 0 Å². The molecule has 0 aliphatic carbocycles. The Balaban J connectivity index is 1.96. The van der Waals surface area contributed by atoms with Gasteiger partial charge in [-0.3, -0.25) is 0 Å². The molecular formula is C16H18O3. The predicted molar refractivity (Wildman–Crippen MR) is 74.6 cm³/mol. The maximum atomic E-state index is 10.1. The third-order valence-corrected chi connectivity index (χ3v) is 3.01. The fourth-order valence-corrected chi connectivity index (χ4v) is 1.90. The molecule has 2 rings (SSSR count). The van der Waals surface area contributed by atoms with Gasteiger partial charge in [0.2, 0.25) is 0 Å². The predicted octanol–water partition coefficient (Wildman–Crippen LogP) is 3.12. The lowest BCUT2D eigenvalue weighted by atomic mass is 10.0. The van der Waals surface area contributed by atoms with Crippen LogP contribution in [-0.2, 0) is 0 Å². The van der Waals surface area contributed by atoms with Crippen molar-refractivity contribution in [2.75, 3.05) is 13.7 Å². The van der Waals surface area contributed by atoms with Crippen LogP contribution in [0.25, 0.3) is 0 Å². The Bertz CT molecular complexity index is 520. The Labute approximate surface area is 113 Å². The number of methoxy groups -OCH3 is 1. The van der Waals surface area contributed by atoms with Crippen LogP contribution in [0.2, 0.25) is 0 Å². The largest absolute Gasteiger partial charge is 0.497 e. The molecule has 0 radical (unpaired) electrons. The molecule has 100 valence electrons. The van der Waals surface area contributed by atoms with Gasteiger partial charge in [-0.1, -0.05) is 24.3 Å². The fourth-order valence-electron chi connectivity index (χ4n) is 1.90. The van der Waals surface area contributed by atoms with E-state index in [9.17, 15) is 5.11 Å². The van der Waals surface area contributed by atoms with Gasteiger partial charge in [0.1, 0.15) is 24.2 Å². The maximum Gasteiger partial charge on any atom is 0.119 e. The van der Waals surface area contributed by atoms with Gasteiger partial charge < -0.3 is 14.6 Å². The van der Waals surface area contributed by atoms with Crippen LogP contribution >= 0.6 is 0 Å². The third kappa shape index (κ3) is 3.48. The summed E-state index contributed by atoms with van der Waals surface area (Å²) in [4.78, 5) is 0. The Hall–Kier alpha value is -2.00. The number of benzene rings is 2. The fraction of sp³-hybridized carbons (Fsp3) is 0.250. The lowest BCUT2D eigenvalue weighted by molar-refractivity contribution is 0.107. The van der Waals surface area contributed by atoms with Crippen molar-refractivity contribution in [2.45, 2.75) is 13.0 Å². The van der Waals surface area contributed by atoms with Gasteiger partial charge in [-0.05, 0) is 42.3 Å². The van der Waals surface area contributed by atoms with Gasteiger partial charge in [-0.2, -0.15) is 0 Å². The Morgan fingerprint density at radius 1 is 1.00 bits per heavy atom. The molecule has 0 aliphatic rings. The van der Waals surface area contributed by atoms with Gasteiger partial charge in [0, 0.05) is 0 Å². The average molecular weight is 258 g/mol. The van der Waals surface area contributed by atoms with E-state index in [1.807, 2.05) is 55.5 Å². The summed E-state index contributed by atoms with van der Waals surface area (Å²) in [7, 11) is 1.62. The highest BCUT2D eigenvalue weighted by molar-refractivity contribution is 5.31. The number of hydrogen-bond donors (Lipinski definition) is 1. The third-order valence-electron chi connectivity index (χ3n) is 3.01. The Morgan fingerprint density at radius 3 is 2.26 bits per heavy atom. The van der Waals surface area contributed by atoms with Crippen molar-refractivity contribution in [3.63, 3.8) is 0 Å². The second kappa shape index (κ2) is 6.25. The molecule has 19 heavy (non-hydrogen) atoms. The second-order valence-electron chi connectivity index (χ2n) is 4.36. The van der Waals surface area contributed by atoms with Gasteiger partial charge in [0.15, 0.2) is 0 Å². The first-order valence-corrected chi connectivity index (χ1v) is 6.21. The summed E-state index contributed by atoms with van der Waals surface area (Å²) in [5.74, 6) is 1.50. The molecule has 0 saturated heterocycles. The summed E-state index contributed by atoms with van der Waals surface area (Å²) >= 11 is 0. The zero-order chi connectivity index (χ0) is 13.7. The van der Waals surface area contributed by atoms with Crippen molar-refractivity contribution >= 4 is 0 Å². The zero-order valence-electron chi connectivity index (χ0n) is 11.2. The number of aliphatic hydroxyl groups excluding tert-OH is 1.